The van der Waals surface area contributed by atoms with Crippen molar-refractivity contribution in [2.75, 3.05) is 0 Å². The standard InChI is InChI=1S/C13H14O2/c1-10-5-3-4-6-12(10)13(2,14)11-7-8-15-9-11/h3-9,14H,1-2H3. The monoisotopic (exact) mass is 202 g/mol. The molecule has 1 unspecified atom stereocenters. The van der Waals surface area contributed by atoms with Crippen LogP contribution < -0.4 is 0 Å². The molecule has 0 bridgehead atoms. The minimum Gasteiger partial charge on any atom is -0.472 e. The van der Waals surface area contributed by atoms with Gasteiger partial charge in [-0.1, -0.05) is 24.3 Å². The summed E-state index contributed by atoms with van der Waals surface area (Å²) >= 11 is 0. The molecule has 0 saturated carbocycles. The second-order valence-corrected chi connectivity index (χ2v) is 3.90. The first kappa shape index (κ1) is 9.99. The van der Waals surface area contributed by atoms with Crippen LogP contribution in [-0.2, 0) is 5.60 Å². The third kappa shape index (κ3) is 1.68. The molecule has 1 heterocycles. The van der Waals surface area contributed by atoms with Crippen LogP contribution in [0.15, 0.2) is 47.3 Å². The van der Waals surface area contributed by atoms with Gasteiger partial charge in [0.25, 0.3) is 0 Å². The molecule has 1 N–H and O–H groups in total. The summed E-state index contributed by atoms with van der Waals surface area (Å²) in [6.07, 6.45) is 3.15. The van der Waals surface area contributed by atoms with E-state index in [2.05, 4.69) is 0 Å². The number of aliphatic hydroxyl groups is 1. The van der Waals surface area contributed by atoms with Crippen molar-refractivity contribution in [2.24, 2.45) is 0 Å². The van der Waals surface area contributed by atoms with E-state index in [-0.39, 0.29) is 0 Å². The zero-order valence-electron chi connectivity index (χ0n) is 8.90. The van der Waals surface area contributed by atoms with E-state index in [1.165, 1.54) is 0 Å². The molecule has 2 heteroatoms. The molecule has 2 nitrogen and oxygen atoms in total. The van der Waals surface area contributed by atoms with Crippen molar-refractivity contribution in [2.45, 2.75) is 19.4 Å². The number of aryl methyl sites for hydroxylation is 1. The van der Waals surface area contributed by atoms with Crippen LogP contribution in [0.1, 0.15) is 23.6 Å². The second-order valence-electron chi connectivity index (χ2n) is 3.90. The Kier molecular flexibility index (Phi) is 2.37. The number of rotatable bonds is 2. The van der Waals surface area contributed by atoms with Gasteiger partial charge in [-0.05, 0) is 31.0 Å². The average Bonchev–Trinajstić information content (AvgIpc) is 2.71. The highest BCUT2D eigenvalue weighted by Crippen LogP contribution is 2.31. The average molecular weight is 202 g/mol. The van der Waals surface area contributed by atoms with Crippen LogP contribution in [0, 0.1) is 6.92 Å². The van der Waals surface area contributed by atoms with Crippen LogP contribution in [0.25, 0.3) is 0 Å². The fourth-order valence-corrected chi connectivity index (χ4v) is 1.82. The molecule has 0 aliphatic carbocycles. The van der Waals surface area contributed by atoms with Gasteiger partial charge in [0.1, 0.15) is 5.60 Å². The third-order valence-electron chi connectivity index (χ3n) is 2.75. The smallest absolute Gasteiger partial charge is 0.115 e. The van der Waals surface area contributed by atoms with Gasteiger partial charge in [0.15, 0.2) is 0 Å². The maximum atomic E-state index is 10.5. The SMILES string of the molecule is Cc1ccccc1C(C)(O)c1ccoc1. The lowest BCUT2D eigenvalue weighted by molar-refractivity contribution is 0.101. The van der Waals surface area contributed by atoms with Gasteiger partial charge < -0.3 is 9.52 Å². The zero-order chi connectivity index (χ0) is 10.9. The molecule has 15 heavy (non-hydrogen) atoms. The molecule has 0 amide bonds. The quantitative estimate of drug-likeness (QED) is 0.812. The first-order valence-electron chi connectivity index (χ1n) is 4.93. The minimum absolute atomic E-state index is 0.775. The Morgan fingerprint density at radius 3 is 2.53 bits per heavy atom. The molecular weight excluding hydrogens is 188 g/mol. The Balaban J connectivity index is 2.51. The summed E-state index contributed by atoms with van der Waals surface area (Å²) in [5, 5.41) is 10.5. The van der Waals surface area contributed by atoms with Crippen LogP contribution in [0.2, 0.25) is 0 Å². The first-order chi connectivity index (χ1) is 7.12. The molecule has 0 radical (unpaired) electrons. The normalized spacial score (nSPS) is 14.9. The summed E-state index contributed by atoms with van der Waals surface area (Å²) < 4.78 is 5.00. The first-order valence-corrected chi connectivity index (χ1v) is 4.93. The van der Waals surface area contributed by atoms with Gasteiger partial charge in [0, 0.05) is 5.56 Å². The molecular formula is C13H14O2. The Hall–Kier alpha value is -1.54. The zero-order valence-corrected chi connectivity index (χ0v) is 8.90. The summed E-state index contributed by atoms with van der Waals surface area (Å²) in [6.45, 7) is 3.77. The highest BCUT2D eigenvalue weighted by Gasteiger charge is 2.27. The van der Waals surface area contributed by atoms with E-state index < -0.39 is 5.60 Å². The molecule has 0 saturated heterocycles. The maximum Gasteiger partial charge on any atom is 0.115 e. The van der Waals surface area contributed by atoms with E-state index in [9.17, 15) is 5.11 Å². The number of hydrogen-bond donors (Lipinski definition) is 1. The van der Waals surface area contributed by atoms with Crippen molar-refractivity contribution in [1.82, 2.24) is 0 Å². The molecule has 1 aromatic heterocycles. The van der Waals surface area contributed by atoms with Crippen LogP contribution in [0.5, 0.6) is 0 Å². The van der Waals surface area contributed by atoms with Gasteiger partial charge in [-0.15, -0.1) is 0 Å². The van der Waals surface area contributed by atoms with Gasteiger partial charge in [0.05, 0.1) is 12.5 Å². The molecule has 1 aromatic carbocycles. The number of hydrogen-bond acceptors (Lipinski definition) is 2. The minimum atomic E-state index is -0.988. The lowest BCUT2D eigenvalue weighted by Crippen LogP contribution is -2.23. The van der Waals surface area contributed by atoms with E-state index in [1.54, 1.807) is 25.5 Å². The molecule has 2 aromatic rings. The highest BCUT2D eigenvalue weighted by atomic mass is 16.3. The number of furan rings is 1. The van der Waals surface area contributed by atoms with Crippen molar-refractivity contribution >= 4 is 0 Å². The van der Waals surface area contributed by atoms with Crippen LogP contribution in [0.4, 0.5) is 0 Å². The molecule has 2 rings (SSSR count). The van der Waals surface area contributed by atoms with Crippen molar-refractivity contribution < 1.29 is 9.52 Å². The molecule has 0 spiro atoms. The van der Waals surface area contributed by atoms with Gasteiger partial charge in [-0.2, -0.15) is 0 Å². The van der Waals surface area contributed by atoms with Crippen molar-refractivity contribution in [3.05, 3.63) is 59.5 Å². The lowest BCUT2D eigenvalue weighted by atomic mass is 9.87. The largest absolute Gasteiger partial charge is 0.472 e. The predicted octanol–water partition coefficient (Wildman–Crippen LogP) is 2.84. The topological polar surface area (TPSA) is 33.4 Å². The Morgan fingerprint density at radius 1 is 1.20 bits per heavy atom. The Labute approximate surface area is 89.2 Å². The van der Waals surface area contributed by atoms with E-state index in [0.29, 0.717) is 0 Å². The summed E-state index contributed by atoms with van der Waals surface area (Å²) in [5.74, 6) is 0. The fourth-order valence-electron chi connectivity index (χ4n) is 1.82. The summed E-state index contributed by atoms with van der Waals surface area (Å²) in [4.78, 5) is 0. The Bertz CT molecular complexity index is 441. The van der Waals surface area contributed by atoms with Crippen molar-refractivity contribution in [3.63, 3.8) is 0 Å². The van der Waals surface area contributed by atoms with Gasteiger partial charge in [0.2, 0.25) is 0 Å². The second kappa shape index (κ2) is 3.55. The van der Waals surface area contributed by atoms with Crippen LogP contribution in [0.3, 0.4) is 0 Å². The highest BCUT2D eigenvalue weighted by molar-refractivity contribution is 5.38. The lowest BCUT2D eigenvalue weighted by Gasteiger charge is -2.24. The van der Waals surface area contributed by atoms with E-state index in [1.807, 2.05) is 31.2 Å². The molecule has 78 valence electrons. The van der Waals surface area contributed by atoms with Gasteiger partial charge >= 0.3 is 0 Å². The van der Waals surface area contributed by atoms with Crippen molar-refractivity contribution in [1.29, 1.82) is 0 Å². The van der Waals surface area contributed by atoms with Gasteiger partial charge in [-0.25, -0.2) is 0 Å². The summed E-state index contributed by atoms with van der Waals surface area (Å²) in [5.41, 5.74) is 1.77. The van der Waals surface area contributed by atoms with Gasteiger partial charge in [-0.3, -0.25) is 0 Å². The predicted molar refractivity (Wildman–Crippen MR) is 58.6 cm³/mol. The molecule has 0 aliphatic heterocycles. The molecule has 0 aliphatic rings. The van der Waals surface area contributed by atoms with Crippen molar-refractivity contribution in [3.8, 4) is 0 Å². The third-order valence-corrected chi connectivity index (χ3v) is 2.75. The van der Waals surface area contributed by atoms with E-state index in [0.717, 1.165) is 16.7 Å². The molecule has 1 atom stereocenters. The van der Waals surface area contributed by atoms with Crippen LogP contribution in [-0.4, -0.2) is 5.11 Å². The molecule has 0 fully saturated rings. The Morgan fingerprint density at radius 2 is 1.93 bits per heavy atom. The van der Waals surface area contributed by atoms with E-state index in [4.69, 9.17) is 4.42 Å². The number of benzene rings is 1. The summed E-state index contributed by atoms with van der Waals surface area (Å²) in [6, 6.07) is 9.60. The summed E-state index contributed by atoms with van der Waals surface area (Å²) in [7, 11) is 0. The maximum absolute atomic E-state index is 10.5. The van der Waals surface area contributed by atoms with Crippen LogP contribution >= 0.6 is 0 Å². The fraction of sp³-hybridized carbons (Fsp3) is 0.231. The van der Waals surface area contributed by atoms with E-state index >= 15 is 0 Å².